The molecule has 2 amide bonds. The number of amides is 2. The number of nitrogens with one attached hydrogen (secondary N) is 2. The van der Waals surface area contributed by atoms with E-state index in [2.05, 4.69) is 10.6 Å². The average molecular weight is 375 g/mol. The topological polar surface area (TPSA) is 100 Å². The smallest absolute Gasteiger partial charge is 0.239 e. The van der Waals surface area contributed by atoms with E-state index in [1.807, 2.05) is 35.2 Å². The van der Waals surface area contributed by atoms with E-state index in [0.717, 1.165) is 5.56 Å². The van der Waals surface area contributed by atoms with Crippen LogP contribution < -0.4 is 10.6 Å². The maximum Gasteiger partial charge on any atom is 0.239 e. The molecule has 0 saturated carbocycles. The Labute approximate surface area is 158 Å². The van der Waals surface area contributed by atoms with Gasteiger partial charge in [-0.25, -0.2) is 0 Å². The fourth-order valence-corrected chi connectivity index (χ4v) is 2.95. The number of benzene rings is 1. The summed E-state index contributed by atoms with van der Waals surface area (Å²) in [5.74, 6) is -0.740. The molecule has 8 heteroatoms. The van der Waals surface area contributed by atoms with E-state index in [1.165, 1.54) is 0 Å². The summed E-state index contributed by atoms with van der Waals surface area (Å²) in [5, 5.41) is 5.34. The average Bonchev–Trinajstić information content (AvgIpc) is 3.52. The molecule has 1 aromatic rings. The van der Waals surface area contributed by atoms with Gasteiger partial charge in [-0.1, -0.05) is 30.3 Å². The molecule has 0 spiro atoms. The van der Waals surface area contributed by atoms with E-state index < -0.39 is 12.1 Å². The third-order valence-corrected chi connectivity index (χ3v) is 4.53. The lowest BCUT2D eigenvalue weighted by atomic mass is 10.0. The molecule has 2 heterocycles. The van der Waals surface area contributed by atoms with Crippen LogP contribution in [0.1, 0.15) is 5.56 Å². The van der Waals surface area contributed by atoms with E-state index in [9.17, 15) is 14.4 Å². The van der Waals surface area contributed by atoms with Gasteiger partial charge in [-0.2, -0.15) is 0 Å². The maximum atomic E-state index is 12.4. The van der Waals surface area contributed by atoms with Gasteiger partial charge < -0.3 is 20.1 Å². The predicted molar refractivity (Wildman–Crippen MR) is 97.1 cm³/mol. The van der Waals surface area contributed by atoms with Crippen LogP contribution in [-0.4, -0.2) is 80.6 Å². The van der Waals surface area contributed by atoms with Crippen molar-refractivity contribution in [3.05, 3.63) is 35.9 Å². The number of hydrogen-bond donors (Lipinski definition) is 2. The largest absolute Gasteiger partial charge is 0.379 e. The lowest BCUT2D eigenvalue weighted by Crippen LogP contribution is -2.49. The van der Waals surface area contributed by atoms with Crippen LogP contribution in [0.3, 0.4) is 0 Å². The molecule has 1 unspecified atom stereocenters. The Kier molecular flexibility index (Phi) is 6.92. The predicted octanol–water partition coefficient (Wildman–Crippen LogP) is -0.870. The summed E-state index contributed by atoms with van der Waals surface area (Å²) < 4.78 is 10.3. The number of rotatable bonds is 9. The maximum absolute atomic E-state index is 12.4. The molecule has 2 fully saturated rings. The first kappa shape index (κ1) is 19.5. The first-order valence-electron chi connectivity index (χ1n) is 9.17. The van der Waals surface area contributed by atoms with Gasteiger partial charge in [0.2, 0.25) is 11.8 Å². The monoisotopic (exact) mass is 375 g/mol. The van der Waals surface area contributed by atoms with Gasteiger partial charge in [-0.3, -0.25) is 19.3 Å². The Morgan fingerprint density at radius 3 is 2.48 bits per heavy atom. The van der Waals surface area contributed by atoms with E-state index in [0.29, 0.717) is 39.3 Å². The Balaban J connectivity index is 1.46. The van der Waals surface area contributed by atoms with Crippen LogP contribution in [0.5, 0.6) is 0 Å². The van der Waals surface area contributed by atoms with Crippen LogP contribution in [0.25, 0.3) is 0 Å². The second-order valence-corrected chi connectivity index (χ2v) is 6.70. The van der Waals surface area contributed by atoms with E-state index >= 15 is 0 Å². The van der Waals surface area contributed by atoms with Gasteiger partial charge >= 0.3 is 0 Å². The Bertz CT molecular complexity index is 657. The van der Waals surface area contributed by atoms with Gasteiger partial charge in [0, 0.05) is 13.1 Å². The molecule has 8 nitrogen and oxygen atoms in total. The normalized spacial score (nSPS) is 20.5. The Morgan fingerprint density at radius 2 is 1.81 bits per heavy atom. The molecule has 1 aromatic carbocycles. The minimum absolute atomic E-state index is 0.133. The van der Waals surface area contributed by atoms with Gasteiger partial charge in [0.05, 0.1) is 39.0 Å². The molecule has 3 rings (SSSR count). The van der Waals surface area contributed by atoms with Crippen LogP contribution in [0.4, 0.5) is 0 Å². The lowest BCUT2D eigenvalue weighted by molar-refractivity contribution is -0.129. The second-order valence-electron chi connectivity index (χ2n) is 6.70. The number of morpholine rings is 1. The number of Topliss-reactive ketones (excluding diaryl/α,β-unsaturated/α-hetero) is 1. The van der Waals surface area contributed by atoms with Crippen LogP contribution in [0.2, 0.25) is 0 Å². The fourth-order valence-electron chi connectivity index (χ4n) is 2.95. The third kappa shape index (κ3) is 6.42. The minimum Gasteiger partial charge on any atom is -0.379 e. The van der Waals surface area contributed by atoms with Crippen molar-refractivity contribution >= 4 is 17.6 Å². The summed E-state index contributed by atoms with van der Waals surface area (Å²) in [4.78, 5) is 38.6. The molecule has 0 radical (unpaired) electrons. The highest BCUT2D eigenvalue weighted by Crippen LogP contribution is 2.15. The van der Waals surface area contributed by atoms with E-state index in [1.54, 1.807) is 0 Å². The molecule has 0 aromatic heterocycles. The zero-order valence-corrected chi connectivity index (χ0v) is 15.2. The van der Waals surface area contributed by atoms with Crippen LogP contribution in [-0.2, 0) is 30.3 Å². The summed E-state index contributed by atoms with van der Waals surface area (Å²) in [6.45, 7) is 3.10. The van der Waals surface area contributed by atoms with Gasteiger partial charge in [0.15, 0.2) is 5.78 Å². The first-order valence-corrected chi connectivity index (χ1v) is 9.17. The molecule has 146 valence electrons. The van der Waals surface area contributed by atoms with Gasteiger partial charge in [0.25, 0.3) is 0 Å². The molecule has 27 heavy (non-hydrogen) atoms. The van der Waals surface area contributed by atoms with Gasteiger partial charge in [0.1, 0.15) is 6.10 Å². The SMILES string of the molecule is O=C(CN1CCOCC1)NCC(=O)NC(Cc1ccccc1)C(=O)[C@H]1CO1. The molecule has 2 N–H and O–H groups in total. The molecule has 0 bridgehead atoms. The molecular formula is C19H25N3O5. The van der Waals surface area contributed by atoms with Crippen molar-refractivity contribution in [3.63, 3.8) is 0 Å². The fraction of sp³-hybridized carbons (Fsp3) is 0.526. The number of hydrogen-bond acceptors (Lipinski definition) is 6. The Hall–Kier alpha value is -2.29. The zero-order chi connectivity index (χ0) is 19.1. The van der Waals surface area contributed by atoms with Crippen molar-refractivity contribution in [2.24, 2.45) is 0 Å². The van der Waals surface area contributed by atoms with Crippen molar-refractivity contribution < 1.29 is 23.9 Å². The summed E-state index contributed by atoms with van der Waals surface area (Å²) in [5.41, 5.74) is 0.952. The summed E-state index contributed by atoms with van der Waals surface area (Å²) in [6, 6.07) is 8.82. The molecule has 2 aliphatic rings. The highest BCUT2D eigenvalue weighted by Gasteiger charge is 2.37. The van der Waals surface area contributed by atoms with Crippen LogP contribution in [0, 0.1) is 0 Å². The molecule has 2 atom stereocenters. The number of epoxide rings is 1. The number of carbonyl (C=O) groups is 3. The standard InChI is InChI=1S/C19H25N3O5/c23-17(11-20-18(24)12-22-6-8-26-9-7-22)21-15(19(25)16-13-27-16)10-14-4-2-1-3-5-14/h1-5,15-16H,6-13H2,(H,20,24)(H,21,23)/t15?,16-/m1/s1. The minimum atomic E-state index is -0.663. The number of ketones is 1. The summed E-state index contributed by atoms with van der Waals surface area (Å²) in [6.07, 6.45) is -0.0394. The van der Waals surface area contributed by atoms with E-state index in [-0.39, 0.29) is 30.7 Å². The van der Waals surface area contributed by atoms with Gasteiger partial charge in [-0.15, -0.1) is 0 Å². The highest BCUT2D eigenvalue weighted by atomic mass is 16.6. The van der Waals surface area contributed by atoms with Gasteiger partial charge in [-0.05, 0) is 12.0 Å². The van der Waals surface area contributed by atoms with Crippen molar-refractivity contribution in [1.82, 2.24) is 15.5 Å². The Morgan fingerprint density at radius 1 is 1.11 bits per heavy atom. The molecule has 2 saturated heterocycles. The quantitative estimate of drug-likeness (QED) is 0.545. The van der Waals surface area contributed by atoms with E-state index in [4.69, 9.17) is 9.47 Å². The first-order chi connectivity index (χ1) is 13.1. The number of ether oxygens (including phenoxy) is 2. The second kappa shape index (κ2) is 9.59. The number of carbonyl (C=O) groups excluding carboxylic acids is 3. The highest BCUT2D eigenvalue weighted by molar-refractivity contribution is 5.94. The zero-order valence-electron chi connectivity index (χ0n) is 15.2. The van der Waals surface area contributed by atoms with Crippen molar-refractivity contribution in [2.45, 2.75) is 18.6 Å². The van der Waals surface area contributed by atoms with Crippen molar-refractivity contribution in [3.8, 4) is 0 Å². The third-order valence-electron chi connectivity index (χ3n) is 4.53. The molecule has 0 aliphatic carbocycles. The van der Waals surface area contributed by atoms with Crippen LogP contribution in [0.15, 0.2) is 30.3 Å². The summed E-state index contributed by atoms with van der Waals surface area (Å²) in [7, 11) is 0. The lowest BCUT2D eigenvalue weighted by Gasteiger charge is -2.25. The van der Waals surface area contributed by atoms with Crippen molar-refractivity contribution in [1.29, 1.82) is 0 Å². The van der Waals surface area contributed by atoms with Crippen LogP contribution >= 0.6 is 0 Å². The number of nitrogens with zero attached hydrogens (tertiary/aromatic N) is 1. The summed E-state index contributed by atoms with van der Waals surface area (Å²) >= 11 is 0. The van der Waals surface area contributed by atoms with Crippen molar-refractivity contribution in [2.75, 3.05) is 46.0 Å². The molecule has 2 aliphatic heterocycles. The molecular weight excluding hydrogens is 350 g/mol.